The van der Waals surface area contributed by atoms with Crippen molar-refractivity contribution in [3.8, 4) is 0 Å². The topological polar surface area (TPSA) is 76.4 Å². The Bertz CT molecular complexity index is 486. The Kier molecular flexibility index (Phi) is 6.00. The fraction of sp³-hybridized carbons (Fsp3) is 0.692. The molecule has 0 spiro atoms. The molecule has 2 rings (SSSR count). The van der Waals surface area contributed by atoms with E-state index in [9.17, 15) is 4.79 Å². The lowest BCUT2D eigenvalue weighted by Gasteiger charge is -2.22. The van der Waals surface area contributed by atoms with Gasteiger partial charge in [-0.2, -0.15) is 5.10 Å². The van der Waals surface area contributed by atoms with Crippen LogP contribution in [0.15, 0.2) is 15.5 Å². The van der Waals surface area contributed by atoms with Gasteiger partial charge in [0.25, 0.3) is 5.56 Å². The third kappa shape index (κ3) is 4.04. The average Bonchev–Trinajstić information content (AvgIpc) is 2.48. The second kappa shape index (κ2) is 7.75. The van der Waals surface area contributed by atoms with Crippen LogP contribution in [0.1, 0.15) is 25.7 Å². The second-order valence-electron chi connectivity index (χ2n) is 4.83. The molecule has 7 heteroatoms. The molecule has 20 heavy (non-hydrogen) atoms. The number of aliphatic hydroxyl groups is 1. The number of ether oxygens (including phenoxy) is 1. The van der Waals surface area contributed by atoms with Gasteiger partial charge in [-0.25, -0.2) is 4.68 Å². The standard InChI is InChI=1S/C13H20BrN3O3/c14-12-11(9-16-17(6-7-18)13(12)19)15-5-4-10-3-1-2-8-20-10/h9-10,15,18H,1-8H2. The molecule has 1 aliphatic rings. The largest absolute Gasteiger partial charge is 0.394 e. The van der Waals surface area contributed by atoms with Crippen molar-refractivity contribution in [3.05, 3.63) is 21.0 Å². The molecule has 1 unspecified atom stereocenters. The van der Waals surface area contributed by atoms with Crippen LogP contribution in [0, 0.1) is 0 Å². The lowest BCUT2D eigenvalue weighted by Crippen LogP contribution is -2.26. The molecule has 0 bridgehead atoms. The molecule has 0 amide bonds. The van der Waals surface area contributed by atoms with Gasteiger partial charge in [0.2, 0.25) is 0 Å². The Morgan fingerprint density at radius 1 is 1.55 bits per heavy atom. The molecule has 1 fully saturated rings. The first-order valence-corrected chi connectivity index (χ1v) is 7.73. The number of aromatic nitrogens is 2. The Morgan fingerprint density at radius 2 is 2.40 bits per heavy atom. The maximum atomic E-state index is 11.9. The first kappa shape index (κ1) is 15.5. The monoisotopic (exact) mass is 345 g/mol. The Labute approximate surface area is 126 Å². The first-order chi connectivity index (χ1) is 9.72. The van der Waals surface area contributed by atoms with E-state index in [1.54, 1.807) is 6.20 Å². The Morgan fingerprint density at radius 3 is 3.10 bits per heavy atom. The van der Waals surface area contributed by atoms with E-state index in [1.807, 2.05) is 0 Å². The van der Waals surface area contributed by atoms with Crippen molar-refractivity contribution in [1.29, 1.82) is 0 Å². The van der Waals surface area contributed by atoms with Crippen molar-refractivity contribution >= 4 is 21.6 Å². The molecule has 2 N–H and O–H groups in total. The van der Waals surface area contributed by atoms with Gasteiger partial charge >= 0.3 is 0 Å². The summed E-state index contributed by atoms with van der Waals surface area (Å²) in [5.41, 5.74) is 0.443. The van der Waals surface area contributed by atoms with E-state index in [1.165, 1.54) is 11.1 Å². The van der Waals surface area contributed by atoms with Crippen molar-refractivity contribution in [2.75, 3.05) is 25.1 Å². The summed E-state index contributed by atoms with van der Waals surface area (Å²) in [5, 5.41) is 16.1. The Balaban J connectivity index is 1.89. The van der Waals surface area contributed by atoms with Crippen LogP contribution >= 0.6 is 15.9 Å². The summed E-state index contributed by atoms with van der Waals surface area (Å²) >= 11 is 3.28. The van der Waals surface area contributed by atoms with Gasteiger partial charge in [-0.1, -0.05) is 0 Å². The highest BCUT2D eigenvalue weighted by Crippen LogP contribution is 2.18. The zero-order valence-corrected chi connectivity index (χ0v) is 12.9. The maximum absolute atomic E-state index is 11.9. The van der Waals surface area contributed by atoms with Crippen LogP contribution in [0.25, 0.3) is 0 Å². The van der Waals surface area contributed by atoms with Crippen molar-refractivity contribution in [1.82, 2.24) is 9.78 Å². The third-order valence-electron chi connectivity index (χ3n) is 3.35. The molecular formula is C13H20BrN3O3. The molecule has 0 aliphatic carbocycles. The molecule has 1 atom stereocenters. The number of hydrogen-bond donors (Lipinski definition) is 2. The quantitative estimate of drug-likeness (QED) is 0.814. The molecular weight excluding hydrogens is 326 g/mol. The van der Waals surface area contributed by atoms with E-state index in [2.05, 4.69) is 26.3 Å². The van der Waals surface area contributed by atoms with Crippen LogP contribution in [0.2, 0.25) is 0 Å². The predicted molar refractivity (Wildman–Crippen MR) is 80.0 cm³/mol. The van der Waals surface area contributed by atoms with Crippen molar-refractivity contribution in [2.24, 2.45) is 0 Å². The zero-order valence-electron chi connectivity index (χ0n) is 11.3. The second-order valence-corrected chi connectivity index (χ2v) is 5.62. The van der Waals surface area contributed by atoms with Crippen LogP contribution < -0.4 is 10.9 Å². The van der Waals surface area contributed by atoms with Crippen molar-refractivity contribution in [3.63, 3.8) is 0 Å². The minimum Gasteiger partial charge on any atom is -0.394 e. The molecule has 112 valence electrons. The van der Waals surface area contributed by atoms with Gasteiger partial charge in [0.15, 0.2) is 0 Å². The molecule has 6 nitrogen and oxygen atoms in total. The molecule has 0 aromatic carbocycles. The van der Waals surface area contributed by atoms with Crippen molar-refractivity contribution in [2.45, 2.75) is 38.3 Å². The zero-order chi connectivity index (χ0) is 14.4. The van der Waals surface area contributed by atoms with E-state index in [-0.39, 0.29) is 18.7 Å². The van der Waals surface area contributed by atoms with Gasteiger partial charge < -0.3 is 15.2 Å². The van der Waals surface area contributed by atoms with Gasteiger partial charge in [0, 0.05) is 13.2 Å². The minimum atomic E-state index is -0.238. The number of aliphatic hydroxyl groups excluding tert-OH is 1. The van der Waals surface area contributed by atoms with E-state index < -0.39 is 0 Å². The predicted octanol–water partition coefficient (Wildman–Crippen LogP) is 1.37. The SMILES string of the molecule is O=c1c(Br)c(NCCC2CCCCO2)cnn1CCO. The lowest BCUT2D eigenvalue weighted by molar-refractivity contribution is 0.0134. The summed E-state index contributed by atoms with van der Waals surface area (Å²) in [6, 6.07) is 0. The van der Waals surface area contributed by atoms with Gasteiger partial charge in [0.1, 0.15) is 4.47 Å². The lowest BCUT2D eigenvalue weighted by atomic mass is 10.1. The van der Waals surface area contributed by atoms with Crippen LogP contribution in [0.4, 0.5) is 5.69 Å². The molecule has 0 saturated carbocycles. The van der Waals surface area contributed by atoms with Gasteiger partial charge in [-0.05, 0) is 41.6 Å². The summed E-state index contributed by atoms with van der Waals surface area (Å²) in [4.78, 5) is 11.9. The summed E-state index contributed by atoms with van der Waals surface area (Å²) in [6.07, 6.45) is 6.34. The van der Waals surface area contributed by atoms with Gasteiger partial charge in [0.05, 0.1) is 31.1 Å². The summed E-state index contributed by atoms with van der Waals surface area (Å²) in [6.45, 7) is 1.69. The molecule has 0 radical (unpaired) electrons. The van der Waals surface area contributed by atoms with Gasteiger partial charge in [-0.15, -0.1) is 0 Å². The molecule has 1 saturated heterocycles. The number of nitrogens with one attached hydrogen (secondary N) is 1. The summed E-state index contributed by atoms with van der Waals surface area (Å²) < 4.78 is 7.35. The van der Waals surface area contributed by atoms with Gasteiger partial charge in [-0.3, -0.25) is 4.79 Å². The number of halogens is 1. The highest BCUT2D eigenvalue weighted by atomic mass is 79.9. The fourth-order valence-electron chi connectivity index (χ4n) is 2.25. The number of anilines is 1. The minimum absolute atomic E-state index is 0.106. The number of hydrogen-bond acceptors (Lipinski definition) is 5. The molecule has 2 heterocycles. The Hall–Kier alpha value is -0.920. The number of nitrogens with zero attached hydrogens (tertiary/aromatic N) is 2. The fourth-order valence-corrected chi connectivity index (χ4v) is 2.69. The normalized spacial score (nSPS) is 19.0. The highest BCUT2D eigenvalue weighted by Gasteiger charge is 2.14. The third-order valence-corrected chi connectivity index (χ3v) is 4.12. The summed E-state index contributed by atoms with van der Waals surface area (Å²) in [5.74, 6) is 0. The van der Waals surface area contributed by atoms with Crippen LogP contribution in [0.3, 0.4) is 0 Å². The van der Waals surface area contributed by atoms with E-state index >= 15 is 0 Å². The highest BCUT2D eigenvalue weighted by molar-refractivity contribution is 9.10. The number of rotatable bonds is 6. The van der Waals surface area contributed by atoms with E-state index in [0.717, 1.165) is 32.4 Å². The van der Waals surface area contributed by atoms with Crippen LogP contribution in [0.5, 0.6) is 0 Å². The smallest absolute Gasteiger partial charge is 0.283 e. The molecule has 1 aliphatic heterocycles. The average molecular weight is 346 g/mol. The molecule has 1 aromatic heterocycles. The van der Waals surface area contributed by atoms with E-state index in [0.29, 0.717) is 16.3 Å². The molecule has 1 aromatic rings. The maximum Gasteiger partial charge on any atom is 0.283 e. The summed E-state index contributed by atoms with van der Waals surface area (Å²) in [7, 11) is 0. The van der Waals surface area contributed by atoms with E-state index in [4.69, 9.17) is 9.84 Å². The van der Waals surface area contributed by atoms with Crippen molar-refractivity contribution < 1.29 is 9.84 Å². The first-order valence-electron chi connectivity index (χ1n) is 6.94. The van der Waals surface area contributed by atoms with Crippen LogP contribution in [-0.4, -0.2) is 40.7 Å². The van der Waals surface area contributed by atoms with Crippen LogP contribution in [-0.2, 0) is 11.3 Å².